The summed E-state index contributed by atoms with van der Waals surface area (Å²) in [5.41, 5.74) is -0.468. The molecule has 134 valence electrons. The minimum atomic E-state index is -0.439. The zero-order chi connectivity index (χ0) is 17.1. The molecule has 2 aliphatic rings. The molecule has 0 radical (unpaired) electrons. The predicted octanol–water partition coefficient (Wildman–Crippen LogP) is 3.23. The van der Waals surface area contributed by atoms with Crippen molar-refractivity contribution in [3.8, 4) is 0 Å². The Morgan fingerprint density at radius 3 is 2.65 bits per heavy atom. The second-order valence-corrected chi connectivity index (χ2v) is 8.64. The van der Waals surface area contributed by atoms with E-state index in [0.29, 0.717) is 24.5 Å². The molecule has 0 aromatic carbocycles. The zero-order valence-electron chi connectivity index (χ0n) is 15.4. The summed E-state index contributed by atoms with van der Waals surface area (Å²) >= 11 is 0. The van der Waals surface area contributed by atoms with E-state index in [1.807, 2.05) is 20.8 Å². The van der Waals surface area contributed by atoms with Gasteiger partial charge >= 0.3 is 6.09 Å². The first-order chi connectivity index (χ1) is 10.6. The molecule has 3 atom stereocenters. The molecule has 1 aliphatic carbocycles. The van der Waals surface area contributed by atoms with Gasteiger partial charge in [-0.05, 0) is 66.2 Å². The van der Waals surface area contributed by atoms with Crippen LogP contribution in [0.3, 0.4) is 0 Å². The van der Waals surface area contributed by atoms with Crippen molar-refractivity contribution in [2.24, 2.45) is 5.92 Å². The minimum absolute atomic E-state index is 0.0290. The Hall–Kier alpha value is -0.810. The van der Waals surface area contributed by atoms with E-state index >= 15 is 0 Å². The Bertz CT molecular complexity index is 404. The van der Waals surface area contributed by atoms with Gasteiger partial charge in [-0.15, -0.1) is 0 Å². The van der Waals surface area contributed by atoms with Crippen LogP contribution >= 0.6 is 0 Å². The lowest BCUT2D eigenvalue weighted by Crippen LogP contribution is -2.49. The third-order valence-corrected chi connectivity index (χ3v) is 4.71. The third-order valence-electron chi connectivity index (χ3n) is 4.71. The predicted molar refractivity (Wildman–Crippen MR) is 91.6 cm³/mol. The second kappa shape index (κ2) is 7.39. The lowest BCUT2D eigenvalue weighted by atomic mass is 9.92. The van der Waals surface area contributed by atoms with Gasteiger partial charge in [-0.3, -0.25) is 0 Å². The highest BCUT2D eigenvalue weighted by atomic mass is 16.6. The minimum Gasteiger partial charge on any atom is -0.444 e. The number of alkyl carbamates (subject to hydrolysis) is 1. The summed E-state index contributed by atoms with van der Waals surface area (Å²) in [7, 11) is 0. The number of amides is 1. The van der Waals surface area contributed by atoms with Crippen molar-refractivity contribution in [3.63, 3.8) is 0 Å². The summed E-state index contributed by atoms with van der Waals surface area (Å²) < 4.78 is 11.1. The number of ether oxygens (including phenoxy) is 2. The highest BCUT2D eigenvalue weighted by Crippen LogP contribution is 2.29. The number of carbonyl (C=O) groups excluding carboxylic acids is 1. The fourth-order valence-electron chi connectivity index (χ4n) is 3.71. The van der Waals surface area contributed by atoms with E-state index in [-0.39, 0.29) is 11.7 Å². The molecular formula is C18H34N2O3. The molecule has 1 saturated heterocycles. The highest BCUT2D eigenvalue weighted by molar-refractivity contribution is 5.67. The van der Waals surface area contributed by atoms with E-state index in [9.17, 15) is 4.79 Å². The fourth-order valence-corrected chi connectivity index (χ4v) is 3.71. The van der Waals surface area contributed by atoms with Gasteiger partial charge in [0.15, 0.2) is 0 Å². The molecule has 0 spiro atoms. The monoisotopic (exact) mass is 326 g/mol. The highest BCUT2D eigenvalue weighted by Gasteiger charge is 2.34. The van der Waals surface area contributed by atoms with Crippen LogP contribution in [0.15, 0.2) is 0 Å². The van der Waals surface area contributed by atoms with Crippen LogP contribution in [-0.4, -0.2) is 42.5 Å². The Morgan fingerprint density at radius 1 is 1.26 bits per heavy atom. The molecule has 1 amide bonds. The number of nitrogens with one attached hydrogen (secondary N) is 2. The molecule has 1 aliphatic heterocycles. The van der Waals surface area contributed by atoms with Crippen molar-refractivity contribution in [3.05, 3.63) is 0 Å². The van der Waals surface area contributed by atoms with Gasteiger partial charge in [-0.25, -0.2) is 4.79 Å². The molecule has 0 aromatic rings. The Kier molecular flexibility index (Phi) is 5.95. The Labute approximate surface area is 140 Å². The third kappa shape index (κ3) is 6.30. The average Bonchev–Trinajstić information content (AvgIpc) is 2.80. The SMILES string of the molecule is CC(C)(C)OC(=O)NCC1CCCC1NC1CCOC(C)(C)C1. The number of carbonyl (C=O) groups is 1. The normalized spacial score (nSPS) is 30.9. The second-order valence-electron chi connectivity index (χ2n) is 8.64. The van der Waals surface area contributed by atoms with Crippen LogP contribution in [-0.2, 0) is 9.47 Å². The maximum atomic E-state index is 11.8. The summed E-state index contributed by atoms with van der Waals surface area (Å²) in [5.74, 6) is 0.494. The molecule has 2 fully saturated rings. The summed E-state index contributed by atoms with van der Waals surface area (Å²) in [6.45, 7) is 11.5. The van der Waals surface area contributed by atoms with Crippen molar-refractivity contribution in [2.45, 2.75) is 90.0 Å². The average molecular weight is 326 g/mol. The largest absolute Gasteiger partial charge is 0.444 e. The first kappa shape index (κ1) is 18.5. The van der Waals surface area contributed by atoms with Crippen LogP contribution in [0.2, 0.25) is 0 Å². The van der Waals surface area contributed by atoms with Gasteiger partial charge in [0.25, 0.3) is 0 Å². The fraction of sp³-hybridized carbons (Fsp3) is 0.944. The summed E-state index contributed by atoms with van der Waals surface area (Å²) in [6.07, 6.45) is 5.40. The molecule has 0 aromatic heterocycles. The maximum Gasteiger partial charge on any atom is 0.407 e. The standard InChI is InChI=1S/C18H34N2O3/c1-17(2,3)23-16(21)19-12-13-7-6-8-15(13)20-14-9-10-22-18(4,5)11-14/h13-15,20H,6-12H2,1-5H3,(H,19,21). The molecule has 1 saturated carbocycles. The van der Waals surface area contributed by atoms with Crippen LogP contribution in [0.1, 0.15) is 66.7 Å². The summed E-state index contributed by atoms with van der Waals surface area (Å²) in [4.78, 5) is 11.8. The first-order valence-electron chi connectivity index (χ1n) is 9.01. The molecule has 5 nitrogen and oxygen atoms in total. The van der Waals surface area contributed by atoms with Gasteiger partial charge in [0.2, 0.25) is 0 Å². The zero-order valence-corrected chi connectivity index (χ0v) is 15.4. The van der Waals surface area contributed by atoms with Crippen molar-refractivity contribution < 1.29 is 14.3 Å². The van der Waals surface area contributed by atoms with Gasteiger partial charge < -0.3 is 20.1 Å². The van der Waals surface area contributed by atoms with Crippen LogP contribution in [0.5, 0.6) is 0 Å². The molecule has 2 N–H and O–H groups in total. The Morgan fingerprint density at radius 2 is 2.00 bits per heavy atom. The first-order valence-corrected chi connectivity index (χ1v) is 9.01. The van der Waals surface area contributed by atoms with Gasteiger partial charge in [0.1, 0.15) is 5.60 Å². The van der Waals surface area contributed by atoms with Crippen LogP contribution in [0, 0.1) is 5.92 Å². The van der Waals surface area contributed by atoms with Crippen LogP contribution in [0.4, 0.5) is 4.79 Å². The number of hydrogen-bond donors (Lipinski definition) is 2. The van der Waals surface area contributed by atoms with Gasteiger partial charge in [0.05, 0.1) is 5.60 Å². The quantitative estimate of drug-likeness (QED) is 0.833. The van der Waals surface area contributed by atoms with E-state index in [4.69, 9.17) is 9.47 Å². The smallest absolute Gasteiger partial charge is 0.407 e. The number of hydrogen-bond acceptors (Lipinski definition) is 4. The van der Waals surface area contributed by atoms with E-state index in [0.717, 1.165) is 19.4 Å². The lowest BCUT2D eigenvalue weighted by Gasteiger charge is -2.38. The van der Waals surface area contributed by atoms with Gasteiger partial charge in [-0.2, -0.15) is 0 Å². The molecule has 5 heteroatoms. The molecule has 3 unspecified atom stereocenters. The van der Waals surface area contributed by atoms with Crippen molar-refractivity contribution in [1.29, 1.82) is 0 Å². The Balaban J connectivity index is 1.78. The summed E-state index contributed by atoms with van der Waals surface area (Å²) in [5, 5.41) is 6.76. The van der Waals surface area contributed by atoms with E-state index < -0.39 is 5.60 Å². The van der Waals surface area contributed by atoms with Crippen molar-refractivity contribution in [2.75, 3.05) is 13.2 Å². The molecule has 23 heavy (non-hydrogen) atoms. The van der Waals surface area contributed by atoms with Gasteiger partial charge in [-0.1, -0.05) is 6.42 Å². The van der Waals surface area contributed by atoms with E-state index in [2.05, 4.69) is 24.5 Å². The van der Waals surface area contributed by atoms with E-state index in [1.165, 1.54) is 19.3 Å². The van der Waals surface area contributed by atoms with Crippen molar-refractivity contribution in [1.82, 2.24) is 10.6 Å². The maximum absolute atomic E-state index is 11.8. The lowest BCUT2D eigenvalue weighted by molar-refractivity contribution is -0.0646. The molecule has 2 rings (SSSR count). The van der Waals surface area contributed by atoms with Gasteiger partial charge in [0, 0.05) is 25.2 Å². The topological polar surface area (TPSA) is 59.6 Å². The molecular weight excluding hydrogens is 292 g/mol. The van der Waals surface area contributed by atoms with Crippen LogP contribution in [0.25, 0.3) is 0 Å². The summed E-state index contributed by atoms with van der Waals surface area (Å²) in [6, 6.07) is 1.01. The van der Waals surface area contributed by atoms with E-state index in [1.54, 1.807) is 0 Å². The van der Waals surface area contributed by atoms with Crippen LogP contribution < -0.4 is 10.6 Å². The molecule has 1 heterocycles. The number of rotatable bonds is 4. The van der Waals surface area contributed by atoms with Crippen molar-refractivity contribution >= 4 is 6.09 Å². The molecule has 0 bridgehead atoms.